The minimum absolute atomic E-state index is 0.00294. The van der Waals surface area contributed by atoms with Crippen LogP contribution in [0, 0.1) is 5.41 Å². The first-order chi connectivity index (χ1) is 7.16. The zero-order valence-electron chi connectivity index (χ0n) is 11.0. The van der Waals surface area contributed by atoms with Crippen molar-refractivity contribution in [1.29, 1.82) is 0 Å². The van der Waals surface area contributed by atoms with Gasteiger partial charge in [0.1, 0.15) is 9.84 Å². The van der Waals surface area contributed by atoms with Gasteiger partial charge < -0.3 is 10.1 Å². The fourth-order valence-electron chi connectivity index (χ4n) is 1.43. The molecule has 0 aliphatic rings. The lowest BCUT2D eigenvalue weighted by Crippen LogP contribution is -2.39. The molecule has 0 saturated carbocycles. The van der Waals surface area contributed by atoms with Crippen LogP contribution in [0.15, 0.2) is 0 Å². The molecule has 1 N–H and O–H groups in total. The van der Waals surface area contributed by atoms with Crippen molar-refractivity contribution in [3.05, 3.63) is 0 Å². The zero-order chi connectivity index (χ0) is 12.8. The summed E-state index contributed by atoms with van der Waals surface area (Å²) in [7, 11) is -1.20. The highest BCUT2D eigenvalue weighted by molar-refractivity contribution is 7.90. The maximum Gasteiger partial charge on any atom is 0.148 e. The summed E-state index contributed by atoms with van der Waals surface area (Å²) in [5, 5.41) is 3.25. The summed E-state index contributed by atoms with van der Waals surface area (Å²) in [6.45, 7) is 7.72. The van der Waals surface area contributed by atoms with Gasteiger partial charge in [0.2, 0.25) is 0 Å². The summed E-state index contributed by atoms with van der Waals surface area (Å²) in [6, 6.07) is -0.00294. The number of hydrogen-bond donors (Lipinski definition) is 1. The van der Waals surface area contributed by atoms with Crippen LogP contribution in [-0.2, 0) is 14.6 Å². The van der Waals surface area contributed by atoms with E-state index in [1.54, 1.807) is 7.11 Å². The molecule has 0 aromatic heterocycles. The Morgan fingerprint density at radius 2 is 1.94 bits per heavy atom. The average Bonchev–Trinajstić information content (AvgIpc) is 2.09. The summed E-state index contributed by atoms with van der Waals surface area (Å²) in [4.78, 5) is 0. The highest BCUT2D eigenvalue weighted by Crippen LogP contribution is 2.18. The third-order valence-electron chi connectivity index (χ3n) is 2.46. The van der Waals surface area contributed by atoms with E-state index in [4.69, 9.17) is 4.74 Å². The van der Waals surface area contributed by atoms with Crippen LogP contribution in [0.1, 0.15) is 27.2 Å². The van der Waals surface area contributed by atoms with Crippen molar-refractivity contribution < 1.29 is 13.2 Å². The minimum atomic E-state index is -2.90. The second kappa shape index (κ2) is 6.57. The van der Waals surface area contributed by atoms with Gasteiger partial charge in [0, 0.05) is 32.6 Å². The number of methoxy groups -OCH3 is 1. The fraction of sp³-hybridized carbons (Fsp3) is 1.00. The van der Waals surface area contributed by atoms with Gasteiger partial charge in [-0.1, -0.05) is 13.8 Å². The third-order valence-corrected chi connectivity index (χ3v) is 3.57. The third kappa shape index (κ3) is 9.12. The Morgan fingerprint density at radius 3 is 2.38 bits per heavy atom. The molecule has 16 heavy (non-hydrogen) atoms. The standard InChI is InChI=1S/C11H25NO3S/c1-10(8-16(5,13)14)12-9-11(2,3)6-7-15-4/h10,12H,6-9H2,1-5H3. The molecule has 0 rings (SSSR count). The van der Waals surface area contributed by atoms with E-state index in [0.29, 0.717) is 0 Å². The molecule has 1 unspecified atom stereocenters. The van der Waals surface area contributed by atoms with Gasteiger partial charge in [-0.05, 0) is 18.8 Å². The Balaban J connectivity index is 3.94. The van der Waals surface area contributed by atoms with Crippen molar-refractivity contribution >= 4 is 9.84 Å². The van der Waals surface area contributed by atoms with Gasteiger partial charge >= 0.3 is 0 Å². The maximum atomic E-state index is 11.1. The molecule has 0 radical (unpaired) electrons. The first-order valence-corrected chi connectivity index (χ1v) is 7.62. The van der Waals surface area contributed by atoms with Crippen LogP contribution in [0.3, 0.4) is 0 Å². The molecule has 0 spiro atoms. The molecule has 0 aromatic rings. The predicted molar refractivity (Wildman–Crippen MR) is 67.4 cm³/mol. The molecule has 98 valence electrons. The van der Waals surface area contributed by atoms with Crippen molar-refractivity contribution in [1.82, 2.24) is 5.32 Å². The molecule has 1 atom stereocenters. The normalized spacial score (nSPS) is 15.1. The van der Waals surface area contributed by atoms with Gasteiger partial charge in [-0.2, -0.15) is 0 Å². The molecule has 0 aliphatic carbocycles. The maximum absolute atomic E-state index is 11.1. The molecule has 0 amide bonds. The van der Waals surface area contributed by atoms with Crippen LogP contribution in [0.25, 0.3) is 0 Å². The van der Waals surface area contributed by atoms with Gasteiger partial charge in [0.15, 0.2) is 0 Å². The molecule has 0 aromatic carbocycles. The van der Waals surface area contributed by atoms with Gasteiger partial charge in [-0.3, -0.25) is 0 Å². The summed E-state index contributed by atoms with van der Waals surface area (Å²) in [5.41, 5.74) is 0.127. The first-order valence-electron chi connectivity index (χ1n) is 5.56. The van der Waals surface area contributed by atoms with E-state index in [1.165, 1.54) is 6.26 Å². The van der Waals surface area contributed by atoms with Crippen molar-refractivity contribution in [2.24, 2.45) is 5.41 Å². The van der Waals surface area contributed by atoms with E-state index in [2.05, 4.69) is 19.2 Å². The monoisotopic (exact) mass is 251 g/mol. The van der Waals surface area contributed by atoms with E-state index >= 15 is 0 Å². The van der Waals surface area contributed by atoms with Crippen LogP contribution in [0.4, 0.5) is 0 Å². The highest BCUT2D eigenvalue weighted by Gasteiger charge is 2.19. The lowest BCUT2D eigenvalue weighted by molar-refractivity contribution is 0.149. The lowest BCUT2D eigenvalue weighted by atomic mass is 9.89. The number of ether oxygens (including phenoxy) is 1. The van der Waals surface area contributed by atoms with Crippen LogP contribution < -0.4 is 5.32 Å². The number of sulfone groups is 1. The molecule has 4 nitrogen and oxygen atoms in total. The van der Waals surface area contributed by atoms with E-state index in [-0.39, 0.29) is 17.2 Å². The number of hydrogen-bond acceptors (Lipinski definition) is 4. The quantitative estimate of drug-likeness (QED) is 0.701. The van der Waals surface area contributed by atoms with E-state index in [9.17, 15) is 8.42 Å². The SMILES string of the molecule is COCCC(C)(C)CNC(C)CS(C)(=O)=O. The average molecular weight is 251 g/mol. The van der Waals surface area contributed by atoms with Crippen LogP contribution >= 0.6 is 0 Å². The molecule has 0 heterocycles. The minimum Gasteiger partial charge on any atom is -0.385 e. The Hall–Kier alpha value is -0.130. The summed E-state index contributed by atoms with van der Waals surface area (Å²) in [5.74, 6) is 0.188. The molecule has 0 aliphatic heterocycles. The smallest absolute Gasteiger partial charge is 0.148 e. The first kappa shape index (κ1) is 15.9. The second-order valence-electron chi connectivity index (χ2n) is 5.28. The molecule has 0 bridgehead atoms. The molecule has 5 heteroatoms. The Morgan fingerprint density at radius 1 is 1.38 bits per heavy atom. The van der Waals surface area contributed by atoms with Crippen molar-refractivity contribution in [2.75, 3.05) is 32.3 Å². The van der Waals surface area contributed by atoms with Gasteiger partial charge in [0.25, 0.3) is 0 Å². The van der Waals surface area contributed by atoms with E-state index < -0.39 is 9.84 Å². The Bertz CT molecular complexity index is 286. The fourth-order valence-corrected chi connectivity index (χ4v) is 2.46. The zero-order valence-corrected chi connectivity index (χ0v) is 11.9. The van der Waals surface area contributed by atoms with Crippen LogP contribution in [-0.4, -0.2) is 46.7 Å². The van der Waals surface area contributed by atoms with Crippen LogP contribution in [0.5, 0.6) is 0 Å². The molecular formula is C11H25NO3S. The molecule has 0 fully saturated rings. The second-order valence-corrected chi connectivity index (χ2v) is 7.47. The Labute approximate surface area is 99.7 Å². The summed E-state index contributed by atoms with van der Waals surface area (Å²) in [6.07, 6.45) is 2.23. The molecule has 0 saturated heterocycles. The number of nitrogens with one attached hydrogen (secondary N) is 1. The van der Waals surface area contributed by atoms with E-state index in [0.717, 1.165) is 19.6 Å². The summed E-state index contributed by atoms with van der Waals surface area (Å²) >= 11 is 0. The van der Waals surface area contributed by atoms with E-state index in [1.807, 2.05) is 6.92 Å². The van der Waals surface area contributed by atoms with Crippen molar-refractivity contribution in [2.45, 2.75) is 33.2 Å². The van der Waals surface area contributed by atoms with Gasteiger partial charge in [0.05, 0.1) is 5.75 Å². The molecular weight excluding hydrogens is 226 g/mol. The topological polar surface area (TPSA) is 55.4 Å². The largest absolute Gasteiger partial charge is 0.385 e. The highest BCUT2D eigenvalue weighted by atomic mass is 32.2. The van der Waals surface area contributed by atoms with Crippen LogP contribution in [0.2, 0.25) is 0 Å². The lowest BCUT2D eigenvalue weighted by Gasteiger charge is -2.26. The number of rotatable bonds is 8. The summed E-state index contributed by atoms with van der Waals surface area (Å²) < 4.78 is 27.2. The van der Waals surface area contributed by atoms with Gasteiger partial charge in [-0.15, -0.1) is 0 Å². The predicted octanol–water partition coefficient (Wildman–Crippen LogP) is 1.07. The van der Waals surface area contributed by atoms with Gasteiger partial charge in [-0.25, -0.2) is 8.42 Å². The van der Waals surface area contributed by atoms with Crippen molar-refractivity contribution in [3.8, 4) is 0 Å². The Kier molecular flexibility index (Phi) is 6.51. The van der Waals surface area contributed by atoms with Crippen molar-refractivity contribution in [3.63, 3.8) is 0 Å².